The Hall–Kier alpha value is -2.44. The molecular formula is C14H18N2O5. The maximum absolute atomic E-state index is 12.3. The molecule has 0 atom stereocenters. The largest absolute Gasteiger partial charge is 0.466 e. The molecule has 0 spiro atoms. The molecular weight excluding hydrogens is 276 g/mol. The summed E-state index contributed by atoms with van der Waals surface area (Å²) in [7, 11) is 1.49. The summed E-state index contributed by atoms with van der Waals surface area (Å²) in [5, 5.41) is 11.0. The quantitative estimate of drug-likeness (QED) is 0.454. The number of esters is 1. The minimum atomic E-state index is -0.591. The fourth-order valence-corrected chi connectivity index (χ4v) is 1.78. The zero-order valence-corrected chi connectivity index (χ0v) is 12.3. The molecule has 0 saturated carbocycles. The first-order valence-electron chi connectivity index (χ1n) is 6.53. The molecule has 0 N–H and O–H groups in total. The van der Waals surface area contributed by atoms with Crippen LogP contribution in [0, 0.1) is 17.0 Å². The van der Waals surface area contributed by atoms with Crippen molar-refractivity contribution in [2.75, 3.05) is 20.2 Å². The van der Waals surface area contributed by atoms with Crippen molar-refractivity contribution in [2.45, 2.75) is 20.3 Å². The predicted octanol–water partition coefficient (Wildman–Crippen LogP) is 1.93. The molecule has 114 valence electrons. The summed E-state index contributed by atoms with van der Waals surface area (Å²) in [5.74, 6) is -0.898. The number of benzene rings is 1. The van der Waals surface area contributed by atoms with Crippen molar-refractivity contribution in [3.8, 4) is 0 Å². The number of hydrogen-bond donors (Lipinski definition) is 0. The van der Waals surface area contributed by atoms with E-state index in [0.29, 0.717) is 0 Å². The number of carbonyl (C=O) groups is 2. The number of ether oxygens (including phenoxy) is 1. The first-order chi connectivity index (χ1) is 9.86. The van der Waals surface area contributed by atoms with Crippen LogP contribution in [0.2, 0.25) is 0 Å². The molecule has 0 unspecified atom stereocenters. The summed E-state index contributed by atoms with van der Waals surface area (Å²) in [4.78, 5) is 35.2. The molecule has 0 aliphatic carbocycles. The first kappa shape index (κ1) is 16.6. The van der Waals surface area contributed by atoms with Gasteiger partial charge in [0.2, 0.25) is 0 Å². The highest BCUT2D eigenvalue weighted by Gasteiger charge is 2.23. The summed E-state index contributed by atoms with van der Waals surface area (Å²) < 4.78 is 4.77. The van der Waals surface area contributed by atoms with Gasteiger partial charge in [0.1, 0.15) is 5.56 Å². The molecule has 0 bridgehead atoms. The van der Waals surface area contributed by atoms with Gasteiger partial charge < -0.3 is 9.64 Å². The summed E-state index contributed by atoms with van der Waals surface area (Å²) in [6.07, 6.45) is 0.0513. The van der Waals surface area contributed by atoms with E-state index in [0.717, 1.165) is 5.56 Å². The Morgan fingerprint density at radius 2 is 2.05 bits per heavy atom. The predicted molar refractivity (Wildman–Crippen MR) is 76.0 cm³/mol. The molecule has 1 aromatic carbocycles. The van der Waals surface area contributed by atoms with Crippen LogP contribution in [0.3, 0.4) is 0 Å². The van der Waals surface area contributed by atoms with Crippen LogP contribution in [0.4, 0.5) is 5.69 Å². The summed E-state index contributed by atoms with van der Waals surface area (Å²) in [6, 6.07) is 4.36. The average Bonchev–Trinajstić information content (AvgIpc) is 2.43. The lowest BCUT2D eigenvalue weighted by Gasteiger charge is -2.17. The molecule has 7 nitrogen and oxygen atoms in total. The van der Waals surface area contributed by atoms with Crippen molar-refractivity contribution in [1.82, 2.24) is 4.90 Å². The first-order valence-corrected chi connectivity index (χ1v) is 6.53. The van der Waals surface area contributed by atoms with Crippen molar-refractivity contribution in [3.05, 3.63) is 39.4 Å². The molecule has 0 saturated heterocycles. The van der Waals surface area contributed by atoms with Crippen LogP contribution in [-0.4, -0.2) is 41.9 Å². The molecule has 7 heteroatoms. The zero-order chi connectivity index (χ0) is 16.0. The van der Waals surface area contributed by atoms with Gasteiger partial charge in [0.05, 0.1) is 18.0 Å². The average molecular weight is 294 g/mol. The smallest absolute Gasteiger partial charge is 0.307 e. The van der Waals surface area contributed by atoms with Gasteiger partial charge in [-0.15, -0.1) is 0 Å². The number of carbonyl (C=O) groups excluding carboxylic acids is 2. The van der Waals surface area contributed by atoms with Gasteiger partial charge in [0, 0.05) is 19.7 Å². The summed E-state index contributed by atoms with van der Waals surface area (Å²) in [6.45, 7) is 3.87. The van der Waals surface area contributed by atoms with Crippen LogP contribution in [0.25, 0.3) is 0 Å². The minimum absolute atomic E-state index is 0.0198. The van der Waals surface area contributed by atoms with E-state index in [-0.39, 0.29) is 30.8 Å². The van der Waals surface area contributed by atoms with Gasteiger partial charge in [-0.05, 0) is 25.5 Å². The van der Waals surface area contributed by atoms with Crippen LogP contribution in [0.15, 0.2) is 18.2 Å². The maximum atomic E-state index is 12.3. The molecule has 0 fully saturated rings. The summed E-state index contributed by atoms with van der Waals surface area (Å²) >= 11 is 0. The molecule has 0 aromatic heterocycles. The number of amides is 1. The van der Waals surface area contributed by atoms with Crippen LogP contribution in [-0.2, 0) is 9.53 Å². The molecule has 21 heavy (non-hydrogen) atoms. The number of nitro benzene ring substituents is 1. The van der Waals surface area contributed by atoms with Crippen molar-refractivity contribution >= 4 is 17.6 Å². The fraction of sp³-hybridized carbons (Fsp3) is 0.429. The van der Waals surface area contributed by atoms with E-state index in [1.165, 1.54) is 24.1 Å². The molecule has 1 amide bonds. The Labute approximate surface area is 122 Å². The van der Waals surface area contributed by atoms with Gasteiger partial charge >= 0.3 is 5.97 Å². The lowest BCUT2D eigenvalue weighted by molar-refractivity contribution is -0.385. The highest BCUT2D eigenvalue weighted by atomic mass is 16.6. The minimum Gasteiger partial charge on any atom is -0.466 e. The van der Waals surface area contributed by atoms with Gasteiger partial charge in [0.25, 0.3) is 11.6 Å². The lowest BCUT2D eigenvalue weighted by atomic mass is 10.1. The number of rotatable bonds is 6. The molecule has 0 aliphatic heterocycles. The van der Waals surface area contributed by atoms with E-state index in [1.54, 1.807) is 19.9 Å². The van der Waals surface area contributed by atoms with E-state index in [1.807, 2.05) is 0 Å². The van der Waals surface area contributed by atoms with Crippen LogP contribution in [0.5, 0.6) is 0 Å². The second-order valence-corrected chi connectivity index (χ2v) is 4.56. The van der Waals surface area contributed by atoms with Gasteiger partial charge in [-0.25, -0.2) is 0 Å². The molecule has 1 aromatic rings. The third kappa shape index (κ3) is 4.55. The van der Waals surface area contributed by atoms with E-state index in [4.69, 9.17) is 4.74 Å². The normalized spacial score (nSPS) is 10.0. The van der Waals surface area contributed by atoms with Crippen molar-refractivity contribution in [1.29, 1.82) is 0 Å². The Morgan fingerprint density at radius 1 is 1.38 bits per heavy atom. The topological polar surface area (TPSA) is 89.8 Å². The number of aryl methyl sites for hydroxylation is 1. The summed E-state index contributed by atoms with van der Waals surface area (Å²) in [5.41, 5.74) is 0.530. The van der Waals surface area contributed by atoms with E-state index < -0.39 is 16.8 Å². The van der Waals surface area contributed by atoms with Crippen molar-refractivity contribution in [2.24, 2.45) is 0 Å². The molecule has 0 heterocycles. The van der Waals surface area contributed by atoms with Crippen LogP contribution < -0.4 is 0 Å². The second kappa shape index (κ2) is 7.37. The van der Waals surface area contributed by atoms with Gasteiger partial charge in [-0.2, -0.15) is 0 Å². The van der Waals surface area contributed by atoms with Gasteiger partial charge in [-0.1, -0.05) is 6.07 Å². The maximum Gasteiger partial charge on any atom is 0.307 e. The molecule has 0 radical (unpaired) electrons. The third-order valence-electron chi connectivity index (χ3n) is 2.88. The van der Waals surface area contributed by atoms with E-state index in [2.05, 4.69) is 0 Å². The highest BCUT2D eigenvalue weighted by Crippen LogP contribution is 2.21. The number of hydrogen-bond acceptors (Lipinski definition) is 5. The Balaban J connectivity index is 2.85. The van der Waals surface area contributed by atoms with Gasteiger partial charge in [-0.3, -0.25) is 19.7 Å². The van der Waals surface area contributed by atoms with Crippen molar-refractivity contribution < 1.29 is 19.2 Å². The Kier molecular flexibility index (Phi) is 5.83. The van der Waals surface area contributed by atoms with Gasteiger partial charge in [0.15, 0.2) is 0 Å². The monoisotopic (exact) mass is 294 g/mol. The molecule has 1 rings (SSSR count). The fourth-order valence-electron chi connectivity index (χ4n) is 1.78. The van der Waals surface area contributed by atoms with E-state index >= 15 is 0 Å². The molecule has 0 aliphatic rings. The SMILES string of the molecule is CCOC(=O)CCN(C)C(=O)c1cc(C)ccc1[N+](=O)[O-]. The van der Waals surface area contributed by atoms with Crippen LogP contribution in [0.1, 0.15) is 29.3 Å². The number of nitrogens with zero attached hydrogens (tertiary/aromatic N) is 2. The van der Waals surface area contributed by atoms with Crippen LogP contribution >= 0.6 is 0 Å². The second-order valence-electron chi connectivity index (χ2n) is 4.56. The third-order valence-corrected chi connectivity index (χ3v) is 2.88. The highest BCUT2D eigenvalue weighted by molar-refractivity contribution is 5.98. The number of nitro groups is 1. The Morgan fingerprint density at radius 3 is 2.62 bits per heavy atom. The standard InChI is InChI=1S/C14H18N2O5/c1-4-21-13(17)7-8-15(3)14(18)11-9-10(2)5-6-12(11)16(19)20/h5-6,9H,4,7-8H2,1-3H3. The van der Waals surface area contributed by atoms with Crippen molar-refractivity contribution in [3.63, 3.8) is 0 Å². The Bertz CT molecular complexity index is 556. The van der Waals surface area contributed by atoms with E-state index in [9.17, 15) is 19.7 Å². The lowest BCUT2D eigenvalue weighted by Crippen LogP contribution is -2.30. The zero-order valence-electron chi connectivity index (χ0n) is 12.3.